The van der Waals surface area contributed by atoms with E-state index in [1.807, 2.05) is 6.07 Å². The molecule has 2 aromatic rings. The Morgan fingerprint density at radius 3 is 2.75 bits per heavy atom. The van der Waals surface area contributed by atoms with Crippen molar-refractivity contribution >= 4 is 16.7 Å². The molecule has 2 aromatic carbocycles. The molecule has 1 unspecified atom stereocenters. The van der Waals surface area contributed by atoms with Gasteiger partial charge in [-0.15, -0.1) is 0 Å². The van der Waals surface area contributed by atoms with Gasteiger partial charge >= 0.3 is 5.97 Å². The molecule has 0 radical (unpaired) electrons. The van der Waals surface area contributed by atoms with E-state index in [-0.39, 0.29) is 5.97 Å². The summed E-state index contributed by atoms with van der Waals surface area (Å²) in [7, 11) is 0. The highest BCUT2D eigenvalue weighted by molar-refractivity contribution is 5.85. The van der Waals surface area contributed by atoms with Crippen molar-refractivity contribution in [1.29, 1.82) is 0 Å². The lowest BCUT2D eigenvalue weighted by atomic mass is 9.99. The number of hydrogen-bond acceptors (Lipinski definition) is 3. The van der Waals surface area contributed by atoms with Crippen molar-refractivity contribution in [3.05, 3.63) is 48.0 Å². The number of aryl methyl sites for hydroxylation is 1. The summed E-state index contributed by atoms with van der Waals surface area (Å²) in [5, 5.41) is 2.53. The van der Waals surface area contributed by atoms with Crippen LogP contribution in [0.15, 0.2) is 42.5 Å². The minimum Gasteiger partial charge on any atom is -0.465 e. The van der Waals surface area contributed by atoms with Crippen LogP contribution in [0.5, 0.6) is 0 Å². The van der Waals surface area contributed by atoms with Gasteiger partial charge in [0.1, 0.15) is 6.04 Å². The van der Waals surface area contributed by atoms with E-state index in [0.717, 1.165) is 12.8 Å². The number of benzene rings is 2. The van der Waals surface area contributed by atoms with Gasteiger partial charge in [-0.05, 0) is 42.5 Å². The first-order chi connectivity index (χ1) is 9.72. The minimum absolute atomic E-state index is 0.301. The van der Waals surface area contributed by atoms with Gasteiger partial charge in [0.2, 0.25) is 0 Å². The number of carbonyl (C=O) groups excluding carboxylic acids is 1. The van der Waals surface area contributed by atoms with Crippen LogP contribution >= 0.6 is 0 Å². The molecule has 0 aromatic heterocycles. The van der Waals surface area contributed by atoms with E-state index >= 15 is 0 Å². The number of hydrogen-bond donors (Lipinski definition) is 1. The number of rotatable bonds is 6. The van der Waals surface area contributed by atoms with Crippen molar-refractivity contribution in [1.82, 2.24) is 0 Å². The first-order valence-corrected chi connectivity index (χ1v) is 7.11. The predicted molar refractivity (Wildman–Crippen MR) is 81.5 cm³/mol. The zero-order valence-corrected chi connectivity index (χ0v) is 11.8. The largest absolute Gasteiger partial charge is 0.465 e. The Kier molecular flexibility index (Phi) is 5.13. The molecular formula is C17H21NO2. The van der Waals surface area contributed by atoms with Gasteiger partial charge in [-0.25, -0.2) is 0 Å². The van der Waals surface area contributed by atoms with E-state index in [9.17, 15) is 4.79 Å². The van der Waals surface area contributed by atoms with Gasteiger partial charge in [0.25, 0.3) is 0 Å². The Labute approximate surface area is 119 Å². The molecule has 2 N–H and O–H groups in total. The normalized spacial score (nSPS) is 12.3. The van der Waals surface area contributed by atoms with Crippen LogP contribution < -0.4 is 5.73 Å². The molecule has 0 saturated heterocycles. The van der Waals surface area contributed by atoms with E-state index in [0.29, 0.717) is 13.0 Å². The standard InChI is InChI=1S/C17H21NO2/c1-2-20-17(19)16(18)12-6-10-14-9-5-8-13-7-3-4-11-15(13)14/h3-5,7-9,11,16H,2,6,10,12,18H2,1H3. The second-order valence-corrected chi connectivity index (χ2v) is 4.89. The zero-order chi connectivity index (χ0) is 14.4. The van der Waals surface area contributed by atoms with Crippen molar-refractivity contribution in [2.45, 2.75) is 32.2 Å². The second-order valence-electron chi connectivity index (χ2n) is 4.89. The predicted octanol–water partition coefficient (Wildman–Crippen LogP) is 3.05. The maximum atomic E-state index is 11.5. The van der Waals surface area contributed by atoms with Crippen molar-refractivity contribution in [2.24, 2.45) is 5.73 Å². The molecule has 3 nitrogen and oxygen atoms in total. The maximum absolute atomic E-state index is 11.5. The summed E-state index contributed by atoms with van der Waals surface area (Å²) in [6, 6.07) is 14.2. The fourth-order valence-corrected chi connectivity index (χ4v) is 2.39. The van der Waals surface area contributed by atoms with Crippen LogP contribution in [0, 0.1) is 0 Å². The highest BCUT2D eigenvalue weighted by atomic mass is 16.5. The fourth-order valence-electron chi connectivity index (χ4n) is 2.39. The van der Waals surface area contributed by atoms with Gasteiger partial charge in [0.05, 0.1) is 6.61 Å². The van der Waals surface area contributed by atoms with Gasteiger partial charge in [-0.3, -0.25) is 4.79 Å². The van der Waals surface area contributed by atoms with E-state index in [1.165, 1.54) is 16.3 Å². The van der Waals surface area contributed by atoms with E-state index in [2.05, 4.69) is 36.4 Å². The summed E-state index contributed by atoms with van der Waals surface area (Å²) in [6.45, 7) is 2.18. The Balaban J connectivity index is 1.95. The molecule has 0 bridgehead atoms. The second kappa shape index (κ2) is 7.06. The number of carbonyl (C=O) groups is 1. The first kappa shape index (κ1) is 14.5. The number of ether oxygens (including phenoxy) is 1. The summed E-state index contributed by atoms with van der Waals surface area (Å²) in [6.07, 6.45) is 2.46. The van der Waals surface area contributed by atoms with Crippen LogP contribution in [0.25, 0.3) is 10.8 Å². The van der Waals surface area contributed by atoms with Gasteiger partial charge < -0.3 is 10.5 Å². The van der Waals surface area contributed by atoms with Crippen LogP contribution in [-0.2, 0) is 16.0 Å². The molecule has 0 fully saturated rings. The van der Waals surface area contributed by atoms with Gasteiger partial charge in [-0.2, -0.15) is 0 Å². The molecule has 1 atom stereocenters. The van der Waals surface area contributed by atoms with E-state index < -0.39 is 6.04 Å². The molecule has 0 saturated carbocycles. The van der Waals surface area contributed by atoms with Crippen molar-refractivity contribution < 1.29 is 9.53 Å². The third-order valence-electron chi connectivity index (χ3n) is 3.43. The van der Waals surface area contributed by atoms with Crippen LogP contribution in [0.1, 0.15) is 25.3 Å². The molecule has 0 aliphatic carbocycles. The molecule has 0 aliphatic heterocycles. The molecule has 3 heteroatoms. The smallest absolute Gasteiger partial charge is 0.322 e. The average Bonchev–Trinajstić information content (AvgIpc) is 2.47. The van der Waals surface area contributed by atoms with Crippen LogP contribution in [0.2, 0.25) is 0 Å². The topological polar surface area (TPSA) is 52.3 Å². The molecule has 106 valence electrons. The summed E-state index contributed by atoms with van der Waals surface area (Å²) in [4.78, 5) is 11.5. The molecule has 0 amide bonds. The lowest BCUT2D eigenvalue weighted by Gasteiger charge is -2.11. The highest BCUT2D eigenvalue weighted by Crippen LogP contribution is 2.20. The number of esters is 1. The van der Waals surface area contributed by atoms with E-state index in [1.54, 1.807) is 6.92 Å². The van der Waals surface area contributed by atoms with Gasteiger partial charge in [0.15, 0.2) is 0 Å². The van der Waals surface area contributed by atoms with Crippen LogP contribution in [0.3, 0.4) is 0 Å². The molecule has 0 spiro atoms. The van der Waals surface area contributed by atoms with Crippen molar-refractivity contribution in [2.75, 3.05) is 6.61 Å². The minimum atomic E-state index is -0.509. The molecular weight excluding hydrogens is 250 g/mol. The molecule has 0 aliphatic rings. The maximum Gasteiger partial charge on any atom is 0.322 e. The lowest BCUT2D eigenvalue weighted by molar-refractivity contribution is -0.144. The number of fused-ring (bicyclic) bond motifs is 1. The Bertz CT molecular complexity index is 575. The average molecular weight is 271 g/mol. The van der Waals surface area contributed by atoms with Crippen LogP contribution in [0.4, 0.5) is 0 Å². The summed E-state index contributed by atoms with van der Waals surface area (Å²) < 4.78 is 4.91. The Morgan fingerprint density at radius 2 is 1.95 bits per heavy atom. The van der Waals surface area contributed by atoms with Crippen molar-refractivity contribution in [3.63, 3.8) is 0 Å². The molecule has 2 rings (SSSR count). The van der Waals surface area contributed by atoms with Gasteiger partial charge in [-0.1, -0.05) is 42.5 Å². The summed E-state index contributed by atoms with van der Waals surface area (Å²) in [5.74, 6) is -0.301. The SMILES string of the molecule is CCOC(=O)C(N)CCCc1cccc2ccccc12. The quantitative estimate of drug-likeness (QED) is 0.822. The third-order valence-corrected chi connectivity index (χ3v) is 3.43. The number of nitrogens with two attached hydrogens (primary N) is 1. The molecule has 20 heavy (non-hydrogen) atoms. The molecule has 0 heterocycles. The third kappa shape index (κ3) is 3.58. The van der Waals surface area contributed by atoms with Crippen molar-refractivity contribution in [3.8, 4) is 0 Å². The highest BCUT2D eigenvalue weighted by Gasteiger charge is 2.13. The Morgan fingerprint density at radius 1 is 1.20 bits per heavy atom. The lowest BCUT2D eigenvalue weighted by Crippen LogP contribution is -2.32. The fraction of sp³-hybridized carbons (Fsp3) is 0.353. The van der Waals surface area contributed by atoms with E-state index in [4.69, 9.17) is 10.5 Å². The summed E-state index contributed by atoms with van der Waals surface area (Å²) in [5.41, 5.74) is 7.11. The van der Waals surface area contributed by atoms with Gasteiger partial charge in [0, 0.05) is 0 Å². The monoisotopic (exact) mass is 271 g/mol. The van der Waals surface area contributed by atoms with Crippen LogP contribution in [-0.4, -0.2) is 18.6 Å². The Hall–Kier alpha value is -1.87. The summed E-state index contributed by atoms with van der Waals surface area (Å²) >= 11 is 0. The zero-order valence-electron chi connectivity index (χ0n) is 11.8. The first-order valence-electron chi connectivity index (χ1n) is 7.11.